The molecule has 1 unspecified atom stereocenters. The molecule has 0 aliphatic rings. The van der Waals surface area contributed by atoms with Crippen molar-refractivity contribution in [3.05, 3.63) is 59.4 Å². The van der Waals surface area contributed by atoms with Gasteiger partial charge < -0.3 is 20.5 Å². The van der Waals surface area contributed by atoms with Crippen LogP contribution in [0.1, 0.15) is 22.8 Å². The Kier molecular flexibility index (Phi) is 6.77. The molecule has 0 radical (unpaired) electrons. The minimum Gasteiger partial charge on any atom is -0.491 e. The van der Waals surface area contributed by atoms with Gasteiger partial charge in [0.05, 0.1) is 11.6 Å². The first-order valence-electron chi connectivity index (χ1n) is 8.12. The van der Waals surface area contributed by atoms with Gasteiger partial charge in [-0.1, -0.05) is 17.7 Å². The summed E-state index contributed by atoms with van der Waals surface area (Å²) in [5, 5.41) is 2.78. The molecule has 3 N–H and O–H groups in total. The molecule has 134 valence electrons. The van der Waals surface area contributed by atoms with E-state index in [2.05, 4.69) is 5.32 Å². The van der Waals surface area contributed by atoms with Crippen molar-refractivity contribution in [1.29, 1.82) is 0 Å². The fourth-order valence-corrected chi connectivity index (χ4v) is 2.17. The lowest BCUT2D eigenvalue weighted by Crippen LogP contribution is -2.37. The summed E-state index contributed by atoms with van der Waals surface area (Å²) in [6.07, 6.45) is 0. The van der Waals surface area contributed by atoms with Crippen LogP contribution in [-0.4, -0.2) is 31.7 Å². The first-order chi connectivity index (χ1) is 12.0. The molecular formula is C19H23FN2O3. The summed E-state index contributed by atoms with van der Waals surface area (Å²) in [4.78, 5) is 12.4. The Balaban J connectivity index is 1.96. The monoisotopic (exact) mass is 346 g/mol. The Labute approximate surface area is 146 Å². The van der Waals surface area contributed by atoms with Crippen LogP contribution in [0.25, 0.3) is 0 Å². The quantitative estimate of drug-likeness (QED) is 0.771. The average Bonchev–Trinajstić information content (AvgIpc) is 2.60. The van der Waals surface area contributed by atoms with Crippen molar-refractivity contribution in [2.24, 2.45) is 5.73 Å². The molecular weight excluding hydrogens is 323 g/mol. The predicted molar refractivity (Wildman–Crippen MR) is 94.6 cm³/mol. The highest BCUT2D eigenvalue weighted by atomic mass is 19.1. The predicted octanol–water partition coefficient (Wildman–Crippen LogP) is 2.67. The summed E-state index contributed by atoms with van der Waals surface area (Å²) in [6, 6.07) is 11.2. The number of nitrogens with one attached hydrogen (secondary N) is 1. The lowest BCUT2D eigenvalue weighted by molar-refractivity contribution is 0.0922. The molecule has 0 heterocycles. The van der Waals surface area contributed by atoms with Gasteiger partial charge in [-0.3, -0.25) is 4.79 Å². The van der Waals surface area contributed by atoms with Crippen LogP contribution in [-0.2, 0) is 0 Å². The highest BCUT2D eigenvalue weighted by Crippen LogP contribution is 2.20. The van der Waals surface area contributed by atoms with Crippen LogP contribution in [0, 0.1) is 12.7 Å². The maximum absolute atomic E-state index is 13.5. The molecule has 25 heavy (non-hydrogen) atoms. The van der Waals surface area contributed by atoms with E-state index in [9.17, 15) is 9.18 Å². The van der Waals surface area contributed by atoms with Gasteiger partial charge in [-0.15, -0.1) is 0 Å². The second-order valence-electron chi connectivity index (χ2n) is 5.78. The molecule has 6 heteroatoms. The molecule has 0 saturated heterocycles. The molecule has 1 amide bonds. The van der Waals surface area contributed by atoms with Crippen LogP contribution in [0.5, 0.6) is 11.5 Å². The summed E-state index contributed by atoms with van der Waals surface area (Å²) in [7, 11) is 0. The minimum atomic E-state index is -0.506. The van der Waals surface area contributed by atoms with Gasteiger partial charge >= 0.3 is 0 Å². The number of carbonyl (C=O) groups is 1. The molecule has 2 aromatic carbocycles. The van der Waals surface area contributed by atoms with E-state index in [1.54, 1.807) is 0 Å². The Hall–Kier alpha value is -2.60. The number of hydrogen-bond donors (Lipinski definition) is 2. The number of hydrogen-bond acceptors (Lipinski definition) is 4. The molecule has 0 saturated carbocycles. The summed E-state index contributed by atoms with van der Waals surface area (Å²) >= 11 is 0. The van der Waals surface area contributed by atoms with Crippen LogP contribution in [0.4, 0.5) is 4.39 Å². The molecule has 2 aromatic rings. The molecule has 0 aromatic heterocycles. The van der Waals surface area contributed by atoms with Crippen molar-refractivity contribution in [3.63, 3.8) is 0 Å². The van der Waals surface area contributed by atoms with E-state index in [-0.39, 0.29) is 18.2 Å². The SMILES string of the molecule is Cc1ccc(OCC(C)NC(=O)c2cc(F)ccc2OCCN)cc1. The number of halogens is 1. The fourth-order valence-electron chi connectivity index (χ4n) is 2.17. The zero-order valence-corrected chi connectivity index (χ0v) is 14.4. The number of carbonyl (C=O) groups excluding carboxylic acids is 1. The zero-order chi connectivity index (χ0) is 18.2. The smallest absolute Gasteiger partial charge is 0.255 e. The van der Waals surface area contributed by atoms with Gasteiger partial charge in [0.1, 0.15) is 30.5 Å². The van der Waals surface area contributed by atoms with Gasteiger partial charge in [0.2, 0.25) is 0 Å². The number of rotatable bonds is 8. The van der Waals surface area contributed by atoms with Gasteiger partial charge in [0.15, 0.2) is 0 Å². The van der Waals surface area contributed by atoms with Gasteiger partial charge in [0.25, 0.3) is 5.91 Å². The maximum Gasteiger partial charge on any atom is 0.255 e. The molecule has 0 aliphatic heterocycles. The summed E-state index contributed by atoms with van der Waals surface area (Å²) in [5.41, 5.74) is 6.68. The highest BCUT2D eigenvalue weighted by molar-refractivity contribution is 5.97. The second-order valence-corrected chi connectivity index (χ2v) is 5.78. The highest BCUT2D eigenvalue weighted by Gasteiger charge is 2.16. The van der Waals surface area contributed by atoms with Crippen LogP contribution in [0.15, 0.2) is 42.5 Å². The van der Waals surface area contributed by atoms with Crippen LogP contribution >= 0.6 is 0 Å². The van der Waals surface area contributed by atoms with Crippen LogP contribution < -0.4 is 20.5 Å². The molecule has 5 nitrogen and oxygen atoms in total. The third-order valence-electron chi connectivity index (χ3n) is 3.46. The topological polar surface area (TPSA) is 73.6 Å². The average molecular weight is 346 g/mol. The third-order valence-corrected chi connectivity index (χ3v) is 3.46. The van der Waals surface area contributed by atoms with Crippen molar-refractivity contribution < 1.29 is 18.7 Å². The van der Waals surface area contributed by atoms with E-state index in [4.69, 9.17) is 15.2 Å². The number of ether oxygens (including phenoxy) is 2. The maximum atomic E-state index is 13.5. The van der Waals surface area contributed by atoms with E-state index >= 15 is 0 Å². The van der Waals surface area contributed by atoms with Crippen LogP contribution in [0.2, 0.25) is 0 Å². The second kappa shape index (κ2) is 9.03. The Morgan fingerprint density at radius 2 is 1.92 bits per heavy atom. The van der Waals surface area contributed by atoms with Gasteiger partial charge in [-0.05, 0) is 44.2 Å². The molecule has 1 atom stereocenters. The van der Waals surface area contributed by atoms with E-state index in [1.165, 1.54) is 12.1 Å². The Bertz CT molecular complexity index is 704. The van der Waals surface area contributed by atoms with Crippen molar-refractivity contribution in [1.82, 2.24) is 5.32 Å². The zero-order valence-electron chi connectivity index (χ0n) is 14.4. The van der Waals surface area contributed by atoms with E-state index in [0.29, 0.717) is 18.9 Å². The number of amides is 1. The minimum absolute atomic E-state index is 0.135. The van der Waals surface area contributed by atoms with Gasteiger partial charge in [-0.25, -0.2) is 4.39 Å². The largest absolute Gasteiger partial charge is 0.491 e. The van der Waals surface area contributed by atoms with Crippen molar-refractivity contribution in [2.75, 3.05) is 19.8 Å². The summed E-state index contributed by atoms with van der Waals surface area (Å²) < 4.78 is 24.5. The molecule has 0 fully saturated rings. The van der Waals surface area contributed by atoms with E-state index in [0.717, 1.165) is 17.4 Å². The Morgan fingerprint density at radius 1 is 1.20 bits per heavy atom. The molecule has 0 aliphatic carbocycles. The van der Waals surface area contributed by atoms with Crippen molar-refractivity contribution >= 4 is 5.91 Å². The number of aryl methyl sites for hydroxylation is 1. The number of nitrogens with two attached hydrogens (primary N) is 1. The molecule has 2 rings (SSSR count). The molecule has 0 bridgehead atoms. The van der Waals surface area contributed by atoms with Crippen molar-refractivity contribution in [3.8, 4) is 11.5 Å². The molecule has 0 spiro atoms. The lowest BCUT2D eigenvalue weighted by Gasteiger charge is -2.17. The normalized spacial score (nSPS) is 11.7. The van der Waals surface area contributed by atoms with Crippen LogP contribution in [0.3, 0.4) is 0 Å². The summed E-state index contributed by atoms with van der Waals surface area (Å²) in [5.74, 6) is 0.0979. The number of benzene rings is 2. The fraction of sp³-hybridized carbons (Fsp3) is 0.316. The standard InChI is InChI=1S/C19H23FN2O3/c1-13-3-6-16(7-4-13)25-12-14(2)22-19(23)17-11-15(20)5-8-18(17)24-10-9-21/h3-8,11,14H,9-10,12,21H2,1-2H3,(H,22,23). The van der Waals surface area contributed by atoms with Crippen molar-refractivity contribution in [2.45, 2.75) is 19.9 Å². The van der Waals surface area contributed by atoms with Gasteiger partial charge in [0, 0.05) is 6.54 Å². The first-order valence-corrected chi connectivity index (χ1v) is 8.12. The third kappa shape index (κ3) is 5.76. The lowest BCUT2D eigenvalue weighted by atomic mass is 10.1. The summed E-state index contributed by atoms with van der Waals surface area (Å²) in [6.45, 7) is 4.65. The van der Waals surface area contributed by atoms with E-state index in [1.807, 2.05) is 38.1 Å². The van der Waals surface area contributed by atoms with E-state index < -0.39 is 11.7 Å². The first kappa shape index (κ1) is 18.7. The Morgan fingerprint density at radius 3 is 2.60 bits per heavy atom. The van der Waals surface area contributed by atoms with Gasteiger partial charge in [-0.2, -0.15) is 0 Å².